The third-order valence-corrected chi connectivity index (χ3v) is 4.47. The first-order chi connectivity index (χ1) is 9.65. The minimum Gasteiger partial charge on any atom is -0.497 e. The Balaban J connectivity index is 2.35. The highest BCUT2D eigenvalue weighted by Crippen LogP contribution is 2.38. The first kappa shape index (κ1) is 15.4. The molecule has 0 amide bonds. The summed E-state index contributed by atoms with van der Waals surface area (Å²) in [6, 6.07) is 14.1. The van der Waals surface area contributed by atoms with Crippen LogP contribution in [0.2, 0.25) is 0 Å². The number of alkyl halides is 1. The molecule has 0 aliphatic rings. The van der Waals surface area contributed by atoms with Gasteiger partial charge in [0.1, 0.15) is 11.5 Å². The third kappa shape index (κ3) is 3.55. The normalized spacial score (nSPS) is 12.0. The predicted molar refractivity (Wildman–Crippen MR) is 89.1 cm³/mol. The summed E-state index contributed by atoms with van der Waals surface area (Å²) >= 11 is 7.27. The van der Waals surface area contributed by atoms with Crippen LogP contribution in [0.5, 0.6) is 11.5 Å². The highest BCUT2D eigenvalue weighted by molar-refractivity contribution is 9.10. The Bertz CT molecular complexity index is 567. The van der Waals surface area contributed by atoms with Crippen LogP contribution in [0.15, 0.2) is 46.9 Å². The summed E-state index contributed by atoms with van der Waals surface area (Å²) in [6.45, 7) is 2.64. The molecule has 0 bridgehead atoms. The Hall–Kier alpha value is -1.00. The minimum atomic E-state index is 0.0763. The number of ether oxygens (including phenoxy) is 2. The van der Waals surface area contributed by atoms with E-state index in [-0.39, 0.29) is 4.83 Å². The smallest absolute Gasteiger partial charge is 0.124 e. The molecule has 4 heteroatoms. The number of rotatable bonds is 5. The summed E-state index contributed by atoms with van der Waals surface area (Å²) in [5.41, 5.74) is 2.26. The van der Waals surface area contributed by atoms with Crippen molar-refractivity contribution in [1.29, 1.82) is 0 Å². The molecule has 2 aromatic rings. The van der Waals surface area contributed by atoms with Gasteiger partial charge >= 0.3 is 0 Å². The van der Waals surface area contributed by atoms with Gasteiger partial charge in [-0.15, -0.1) is 0 Å². The lowest BCUT2D eigenvalue weighted by Gasteiger charge is -2.16. The molecular weight excluding hydrogens is 384 g/mol. The highest BCUT2D eigenvalue weighted by atomic mass is 79.9. The van der Waals surface area contributed by atoms with Crippen LogP contribution < -0.4 is 9.47 Å². The molecule has 1 atom stereocenters. The number of benzene rings is 2. The standard InChI is InChI=1S/C16H16Br2O2/c1-3-20-15-9-6-12(17)10-14(15)16(18)11-4-7-13(19-2)8-5-11/h4-10,16H,3H2,1-2H3. The van der Waals surface area contributed by atoms with E-state index in [0.717, 1.165) is 27.1 Å². The summed E-state index contributed by atoms with van der Waals surface area (Å²) in [7, 11) is 1.67. The molecule has 0 heterocycles. The van der Waals surface area contributed by atoms with Crippen LogP contribution in [-0.4, -0.2) is 13.7 Å². The fourth-order valence-corrected chi connectivity index (χ4v) is 3.00. The van der Waals surface area contributed by atoms with Gasteiger partial charge in [-0.3, -0.25) is 0 Å². The first-order valence-corrected chi connectivity index (χ1v) is 8.06. The third-order valence-electron chi connectivity index (χ3n) is 2.95. The van der Waals surface area contributed by atoms with Crippen LogP contribution in [0, 0.1) is 0 Å². The predicted octanol–water partition coefficient (Wildman–Crippen LogP) is 5.34. The number of hydrogen-bond acceptors (Lipinski definition) is 2. The molecule has 2 aromatic carbocycles. The van der Waals surface area contributed by atoms with Crippen molar-refractivity contribution in [2.45, 2.75) is 11.8 Å². The quantitative estimate of drug-likeness (QED) is 0.631. The lowest BCUT2D eigenvalue weighted by molar-refractivity contribution is 0.337. The molecule has 0 aliphatic carbocycles. The second-order valence-electron chi connectivity index (χ2n) is 4.25. The Morgan fingerprint density at radius 1 is 1.10 bits per heavy atom. The van der Waals surface area contributed by atoms with Crippen LogP contribution in [0.1, 0.15) is 22.9 Å². The van der Waals surface area contributed by atoms with E-state index in [2.05, 4.69) is 50.1 Å². The summed E-state index contributed by atoms with van der Waals surface area (Å²) in [5, 5.41) is 0. The Labute approximate surface area is 136 Å². The summed E-state index contributed by atoms with van der Waals surface area (Å²) in [5.74, 6) is 1.75. The van der Waals surface area contributed by atoms with Crippen molar-refractivity contribution in [2.24, 2.45) is 0 Å². The Kier molecular flexibility index (Phi) is 5.49. The number of methoxy groups -OCH3 is 1. The van der Waals surface area contributed by atoms with E-state index in [9.17, 15) is 0 Å². The zero-order valence-electron chi connectivity index (χ0n) is 11.4. The van der Waals surface area contributed by atoms with Gasteiger partial charge < -0.3 is 9.47 Å². The number of hydrogen-bond donors (Lipinski definition) is 0. The maximum atomic E-state index is 5.70. The molecule has 0 spiro atoms. The van der Waals surface area contributed by atoms with E-state index in [1.807, 2.05) is 31.2 Å². The van der Waals surface area contributed by atoms with Crippen molar-refractivity contribution in [3.8, 4) is 11.5 Å². The minimum absolute atomic E-state index is 0.0763. The summed E-state index contributed by atoms with van der Waals surface area (Å²) in [6.07, 6.45) is 0. The molecule has 0 aliphatic heterocycles. The molecule has 0 N–H and O–H groups in total. The molecule has 2 nitrogen and oxygen atoms in total. The van der Waals surface area contributed by atoms with Crippen LogP contribution in [0.25, 0.3) is 0 Å². The van der Waals surface area contributed by atoms with E-state index in [0.29, 0.717) is 6.61 Å². The molecule has 0 radical (unpaired) electrons. The molecule has 0 saturated heterocycles. The zero-order valence-corrected chi connectivity index (χ0v) is 14.6. The second-order valence-corrected chi connectivity index (χ2v) is 6.08. The van der Waals surface area contributed by atoms with Crippen molar-refractivity contribution in [3.05, 3.63) is 58.1 Å². The van der Waals surface area contributed by atoms with Crippen LogP contribution in [-0.2, 0) is 0 Å². The van der Waals surface area contributed by atoms with E-state index in [1.165, 1.54) is 0 Å². The average molecular weight is 400 g/mol. The zero-order chi connectivity index (χ0) is 14.5. The largest absolute Gasteiger partial charge is 0.497 e. The fraction of sp³-hybridized carbons (Fsp3) is 0.250. The molecule has 106 valence electrons. The van der Waals surface area contributed by atoms with Crippen LogP contribution >= 0.6 is 31.9 Å². The van der Waals surface area contributed by atoms with Gasteiger partial charge in [-0.05, 0) is 42.8 Å². The average Bonchev–Trinajstić information content (AvgIpc) is 2.48. The molecule has 0 aromatic heterocycles. The van der Waals surface area contributed by atoms with Crippen molar-refractivity contribution < 1.29 is 9.47 Å². The second kappa shape index (κ2) is 7.14. The lowest BCUT2D eigenvalue weighted by Crippen LogP contribution is -2.00. The molecule has 0 saturated carbocycles. The van der Waals surface area contributed by atoms with Gasteiger partial charge in [0, 0.05) is 10.0 Å². The molecule has 1 unspecified atom stereocenters. The van der Waals surface area contributed by atoms with E-state index in [1.54, 1.807) is 7.11 Å². The van der Waals surface area contributed by atoms with E-state index < -0.39 is 0 Å². The molecule has 0 fully saturated rings. The summed E-state index contributed by atoms with van der Waals surface area (Å²) < 4.78 is 11.9. The Morgan fingerprint density at radius 2 is 1.80 bits per heavy atom. The van der Waals surface area contributed by atoms with Gasteiger partial charge in [0.15, 0.2) is 0 Å². The van der Waals surface area contributed by atoms with Crippen LogP contribution in [0.3, 0.4) is 0 Å². The topological polar surface area (TPSA) is 18.5 Å². The van der Waals surface area contributed by atoms with Crippen molar-refractivity contribution >= 4 is 31.9 Å². The van der Waals surface area contributed by atoms with Crippen molar-refractivity contribution in [2.75, 3.05) is 13.7 Å². The van der Waals surface area contributed by atoms with Gasteiger partial charge in [0.25, 0.3) is 0 Å². The van der Waals surface area contributed by atoms with E-state index in [4.69, 9.17) is 9.47 Å². The van der Waals surface area contributed by atoms with Gasteiger partial charge in [-0.1, -0.05) is 44.0 Å². The van der Waals surface area contributed by atoms with E-state index >= 15 is 0 Å². The van der Waals surface area contributed by atoms with Gasteiger partial charge in [-0.2, -0.15) is 0 Å². The van der Waals surface area contributed by atoms with Crippen molar-refractivity contribution in [1.82, 2.24) is 0 Å². The molecule has 20 heavy (non-hydrogen) atoms. The van der Waals surface area contributed by atoms with Gasteiger partial charge in [0.2, 0.25) is 0 Å². The van der Waals surface area contributed by atoms with Crippen LogP contribution in [0.4, 0.5) is 0 Å². The SMILES string of the molecule is CCOc1ccc(Br)cc1C(Br)c1ccc(OC)cc1. The first-order valence-electron chi connectivity index (χ1n) is 6.36. The molecule has 2 rings (SSSR count). The highest BCUT2D eigenvalue weighted by Gasteiger charge is 2.16. The Morgan fingerprint density at radius 3 is 2.40 bits per heavy atom. The maximum Gasteiger partial charge on any atom is 0.124 e. The maximum absolute atomic E-state index is 5.70. The monoisotopic (exact) mass is 398 g/mol. The fourth-order valence-electron chi connectivity index (χ4n) is 1.96. The molecular formula is C16H16Br2O2. The summed E-state index contributed by atoms with van der Waals surface area (Å²) in [4.78, 5) is 0.0763. The van der Waals surface area contributed by atoms with Gasteiger partial charge in [0.05, 0.1) is 18.5 Å². The lowest BCUT2D eigenvalue weighted by atomic mass is 10.0. The number of halogens is 2. The van der Waals surface area contributed by atoms with Gasteiger partial charge in [-0.25, -0.2) is 0 Å². The van der Waals surface area contributed by atoms with Crippen molar-refractivity contribution in [3.63, 3.8) is 0 Å².